The Kier molecular flexibility index (Phi) is 6.06. The van der Waals surface area contributed by atoms with E-state index in [1.54, 1.807) is 37.2 Å². The number of thiazole rings is 1. The molecule has 0 unspecified atom stereocenters. The number of benzene rings is 2. The molecule has 1 aromatic heterocycles. The summed E-state index contributed by atoms with van der Waals surface area (Å²) in [7, 11) is 3.46. The van der Waals surface area contributed by atoms with E-state index in [9.17, 15) is 9.59 Å². The Balaban J connectivity index is 1.64. The molecule has 0 saturated heterocycles. The van der Waals surface area contributed by atoms with E-state index in [-0.39, 0.29) is 11.8 Å². The van der Waals surface area contributed by atoms with Crippen molar-refractivity contribution in [3.63, 3.8) is 0 Å². The quantitative estimate of drug-likeness (QED) is 0.662. The van der Waals surface area contributed by atoms with Crippen molar-refractivity contribution in [2.75, 3.05) is 24.7 Å². The number of anilines is 2. The van der Waals surface area contributed by atoms with Crippen LogP contribution in [0.4, 0.5) is 10.8 Å². The lowest BCUT2D eigenvalue weighted by atomic mass is 10.1. The fraction of sp³-hybridized carbons (Fsp3) is 0.190. The van der Waals surface area contributed by atoms with E-state index >= 15 is 0 Å². The third-order valence-corrected chi connectivity index (χ3v) is 4.98. The van der Waals surface area contributed by atoms with Gasteiger partial charge in [0, 0.05) is 37.3 Å². The van der Waals surface area contributed by atoms with Crippen LogP contribution in [-0.4, -0.2) is 35.8 Å². The molecule has 2 amide bonds. The van der Waals surface area contributed by atoms with Crippen LogP contribution in [0.15, 0.2) is 53.9 Å². The summed E-state index contributed by atoms with van der Waals surface area (Å²) in [5.41, 5.74) is 3.87. The van der Waals surface area contributed by atoms with E-state index in [2.05, 4.69) is 15.6 Å². The molecule has 1 heterocycles. The molecular formula is C21H22N4O2S. The molecule has 2 N–H and O–H groups in total. The van der Waals surface area contributed by atoms with Crippen molar-refractivity contribution in [1.82, 2.24) is 9.88 Å². The van der Waals surface area contributed by atoms with Crippen LogP contribution in [0.2, 0.25) is 0 Å². The van der Waals surface area contributed by atoms with E-state index in [0.29, 0.717) is 22.8 Å². The summed E-state index contributed by atoms with van der Waals surface area (Å²) < 4.78 is 0. The van der Waals surface area contributed by atoms with Gasteiger partial charge in [0.25, 0.3) is 11.8 Å². The Morgan fingerprint density at radius 3 is 2.43 bits per heavy atom. The fourth-order valence-electron chi connectivity index (χ4n) is 2.62. The van der Waals surface area contributed by atoms with Crippen molar-refractivity contribution in [3.05, 3.63) is 76.3 Å². The van der Waals surface area contributed by atoms with Gasteiger partial charge in [-0.25, -0.2) is 4.98 Å². The van der Waals surface area contributed by atoms with E-state index in [4.69, 9.17) is 0 Å². The molecule has 3 aromatic rings. The highest BCUT2D eigenvalue weighted by molar-refractivity contribution is 7.13. The monoisotopic (exact) mass is 394 g/mol. The van der Waals surface area contributed by atoms with Gasteiger partial charge in [0.1, 0.15) is 0 Å². The van der Waals surface area contributed by atoms with Crippen LogP contribution >= 0.6 is 11.3 Å². The van der Waals surface area contributed by atoms with Crippen LogP contribution in [0, 0.1) is 6.92 Å². The van der Waals surface area contributed by atoms with Gasteiger partial charge in [0.15, 0.2) is 5.13 Å². The SMILES string of the molecule is Cc1csc(NC(=O)c2ccc(CNc3ccccc3C(=O)N(C)C)cc2)n1. The van der Waals surface area contributed by atoms with Crippen LogP contribution in [0.3, 0.4) is 0 Å². The zero-order chi connectivity index (χ0) is 20.1. The summed E-state index contributed by atoms with van der Waals surface area (Å²) in [6.07, 6.45) is 0. The van der Waals surface area contributed by atoms with Crippen LogP contribution in [0.1, 0.15) is 32.0 Å². The summed E-state index contributed by atoms with van der Waals surface area (Å²) in [6, 6.07) is 14.8. The Morgan fingerprint density at radius 2 is 1.79 bits per heavy atom. The van der Waals surface area contributed by atoms with Gasteiger partial charge in [-0.1, -0.05) is 24.3 Å². The van der Waals surface area contributed by atoms with Gasteiger partial charge < -0.3 is 10.2 Å². The van der Waals surface area contributed by atoms with Crippen molar-refractivity contribution in [2.45, 2.75) is 13.5 Å². The molecule has 144 valence electrons. The number of rotatable bonds is 6. The molecule has 3 rings (SSSR count). The Hall–Kier alpha value is -3.19. The maximum atomic E-state index is 12.3. The van der Waals surface area contributed by atoms with Crippen molar-refractivity contribution in [1.29, 1.82) is 0 Å². The third kappa shape index (κ3) is 4.75. The van der Waals surface area contributed by atoms with Gasteiger partial charge in [0.2, 0.25) is 0 Å². The van der Waals surface area contributed by atoms with Crippen molar-refractivity contribution < 1.29 is 9.59 Å². The number of carbonyl (C=O) groups is 2. The molecule has 0 atom stereocenters. The Labute approximate surface area is 168 Å². The summed E-state index contributed by atoms with van der Waals surface area (Å²) in [4.78, 5) is 30.4. The van der Waals surface area contributed by atoms with Gasteiger partial charge in [-0.15, -0.1) is 11.3 Å². The molecule has 0 aliphatic rings. The molecule has 0 fully saturated rings. The van der Waals surface area contributed by atoms with Crippen molar-refractivity contribution in [2.24, 2.45) is 0 Å². The number of aryl methyl sites for hydroxylation is 1. The first kappa shape index (κ1) is 19.6. The Morgan fingerprint density at radius 1 is 1.07 bits per heavy atom. The number of hydrogen-bond donors (Lipinski definition) is 2. The smallest absolute Gasteiger partial charge is 0.257 e. The first-order chi connectivity index (χ1) is 13.4. The van der Waals surface area contributed by atoms with Crippen molar-refractivity contribution in [3.8, 4) is 0 Å². The summed E-state index contributed by atoms with van der Waals surface area (Å²) in [5, 5.41) is 8.58. The van der Waals surface area contributed by atoms with E-state index in [1.165, 1.54) is 11.3 Å². The number of amides is 2. The molecule has 0 aliphatic heterocycles. The van der Waals surface area contributed by atoms with Crippen LogP contribution in [0.25, 0.3) is 0 Å². The standard InChI is InChI=1S/C21H22N4O2S/c1-14-13-28-21(23-14)24-19(26)16-10-8-15(9-11-16)12-22-18-7-5-4-6-17(18)20(27)25(2)3/h4-11,13,22H,12H2,1-3H3,(H,23,24,26). The lowest BCUT2D eigenvalue weighted by molar-refractivity contribution is 0.0828. The number of nitrogens with one attached hydrogen (secondary N) is 2. The molecule has 0 spiro atoms. The molecule has 28 heavy (non-hydrogen) atoms. The van der Waals surface area contributed by atoms with E-state index in [1.807, 2.05) is 42.6 Å². The molecule has 6 nitrogen and oxygen atoms in total. The summed E-state index contributed by atoms with van der Waals surface area (Å²) >= 11 is 1.40. The van der Waals surface area contributed by atoms with E-state index < -0.39 is 0 Å². The predicted octanol–water partition coefficient (Wildman–Crippen LogP) is 4.02. The van der Waals surface area contributed by atoms with Gasteiger partial charge in [-0.05, 0) is 36.8 Å². The number of aromatic nitrogens is 1. The van der Waals surface area contributed by atoms with Crippen molar-refractivity contribution >= 4 is 34.0 Å². The van der Waals surface area contributed by atoms with Gasteiger partial charge in [-0.3, -0.25) is 14.9 Å². The lowest BCUT2D eigenvalue weighted by Gasteiger charge is -2.15. The second-order valence-corrected chi connectivity index (χ2v) is 7.40. The minimum absolute atomic E-state index is 0.0486. The molecule has 0 radical (unpaired) electrons. The molecule has 0 saturated carbocycles. The number of hydrogen-bond acceptors (Lipinski definition) is 5. The number of para-hydroxylation sites is 1. The lowest BCUT2D eigenvalue weighted by Crippen LogP contribution is -2.22. The van der Waals surface area contributed by atoms with E-state index in [0.717, 1.165) is 16.9 Å². The minimum Gasteiger partial charge on any atom is -0.380 e. The maximum Gasteiger partial charge on any atom is 0.257 e. The summed E-state index contributed by atoms with van der Waals surface area (Å²) in [6.45, 7) is 2.43. The highest BCUT2D eigenvalue weighted by Crippen LogP contribution is 2.19. The number of carbonyl (C=O) groups excluding carboxylic acids is 2. The van der Waals surface area contributed by atoms with Gasteiger partial charge in [0.05, 0.1) is 11.3 Å². The third-order valence-electron chi connectivity index (χ3n) is 4.10. The summed E-state index contributed by atoms with van der Waals surface area (Å²) in [5.74, 6) is -0.233. The molecular weight excluding hydrogens is 372 g/mol. The predicted molar refractivity (Wildman–Crippen MR) is 113 cm³/mol. The van der Waals surface area contributed by atoms with Crippen LogP contribution in [-0.2, 0) is 6.54 Å². The average Bonchev–Trinajstić information content (AvgIpc) is 3.11. The normalized spacial score (nSPS) is 10.4. The second-order valence-electron chi connectivity index (χ2n) is 6.54. The fourth-order valence-corrected chi connectivity index (χ4v) is 3.30. The largest absolute Gasteiger partial charge is 0.380 e. The maximum absolute atomic E-state index is 12.3. The topological polar surface area (TPSA) is 74.3 Å². The Bertz CT molecular complexity index is 980. The van der Waals surface area contributed by atoms with Gasteiger partial charge in [-0.2, -0.15) is 0 Å². The van der Waals surface area contributed by atoms with Crippen LogP contribution < -0.4 is 10.6 Å². The molecule has 7 heteroatoms. The molecule has 2 aromatic carbocycles. The highest BCUT2D eigenvalue weighted by Gasteiger charge is 2.13. The van der Waals surface area contributed by atoms with Crippen LogP contribution in [0.5, 0.6) is 0 Å². The second kappa shape index (κ2) is 8.67. The minimum atomic E-state index is -0.184. The molecule has 0 aliphatic carbocycles. The van der Waals surface area contributed by atoms with Gasteiger partial charge >= 0.3 is 0 Å². The molecule has 0 bridgehead atoms. The zero-order valence-corrected chi connectivity index (χ0v) is 16.8. The average molecular weight is 395 g/mol. The number of nitrogens with zero attached hydrogens (tertiary/aromatic N) is 2. The zero-order valence-electron chi connectivity index (χ0n) is 16.0. The highest BCUT2D eigenvalue weighted by atomic mass is 32.1. The first-order valence-corrected chi connectivity index (χ1v) is 9.69. The first-order valence-electron chi connectivity index (χ1n) is 8.81.